The normalized spacial score (nSPS) is 26.0. The molecule has 7 nitrogen and oxygen atoms in total. The van der Waals surface area contributed by atoms with Crippen LogP contribution in [0.4, 0.5) is 5.69 Å². The van der Waals surface area contributed by atoms with Crippen molar-refractivity contribution < 1.29 is 23.9 Å². The van der Waals surface area contributed by atoms with Gasteiger partial charge in [0.2, 0.25) is 11.8 Å². The van der Waals surface area contributed by atoms with E-state index in [9.17, 15) is 19.2 Å². The lowest BCUT2D eigenvalue weighted by atomic mass is 9.76. The van der Waals surface area contributed by atoms with Gasteiger partial charge in [-0.25, -0.2) is 4.90 Å². The van der Waals surface area contributed by atoms with Gasteiger partial charge in [-0.15, -0.1) is 0 Å². The second-order valence-corrected chi connectivity index (χ2v) is 9.04. The molecule has 0 bridgehead atoms. The third kappa shape index (κ3) is 3.64. The number of amides is 2. The van der Waals surface area contributed by atoms with Crippen molar-refractivity contribution in [2.24, 2.45) is 11.8 Å². The molecular formula is C27H30N2O5. The summed E-state index contributed by atoms with van der Waals surface area (Å²) in [6.07, 6.45) is 0.979. The largest absolute Gasteiger partial charge is 0.465 e. The minimum absolute atomic E-state index is 0.160. The van der Waals surface area contributed by atoms with Gasteiger partial charge < -0.3 is 4.74 Å². The summed E-state index contributed by atoms with van der Waals surface area (Å²) in [5.74, 6) is -3.18. The van der Waals surface area contributed by atoms with Crippen LogP contribution in [0.2, 0.25) is 0 Å². The average Bonchev–Trinajstić information content (AvgIpc) is 3.29. The van der Waals surface area contributed by atoms with Gasteiger partial charge in [0, 0.05) is 11.6 Å². The van der Waals surface area contributed by atoms with Gasteiger partial charge in [0.05, 0.1) is 24.1 Å². The Balaban J connectivity index is 1.88. The highest BCUT2D eigenvalue weighted by atomic mass is 16.5. The minimum Gasteiger partial charge on any atom is -0.465 e. The van der Waals surface area contributed by atoms with E-state index >= 15 is 0 Å². The van der Waals surface area contributed by atoms with Crippen molar-refractivity contribution in [1.29, 1.82) is 0 Å². The van der Waals surface area contributed by atoms with Crippen molar-refractivity contribution in [3.05, 3.63) is 65.2 Å². The van der Waals surface area contributed by atoms with Crippen molar-refractivity contribution >= 4 is 29.3 Å². The minimum atomic E-state index is -1.32. The van der Waals surface area contributed by atoms with Crippen LogP contribution in [0.15, 0.2) is 48.5 Å². The molecule has 2 aliphatic rings. The number of anilines is 1. The number of hydrogen-bond donors (Lipinski definition) is 1. The number of ketones is 1. The van der Waals surface area contributed by atoms with E-state index in [2.05, 4.69) is 5.32 Å². The van der Waals surface area contributed by atoms with E-state index in [1.807, 2.05) is 38.1 Å². The number of carbonyl (C=O) groups is 4. The quantitative estimate of drug-likeness (QED) is 0.383. The molecule has 2 heterocycles. The molecule has 2 aliphatic heterocycles. The van der Waals surface area contributed by atoms with Gasteiger partial charge in [0.1, 0.15) is 5.54 Å². The number of nitrogens with one attached hydrogen (secondary N) is 1. The van der Waals surface area contributed by atoms with Crippen LogP contribution >= 0.6 is 0 Å². The maximum Gasteiger partial charge on any atom is 0.327 e. The molecule has 2 aromatic carbocycles. The predicted octanol–water partition coefficient (Wildman–Crippen LogP) is 3.75. The number of rotatable bonds is 7. The Hall–Kier alpha value is -3.32. The Labute approximate surface area is 199 Å². The second kappa shape index (κ2) is 9.14. The molecule has 4 rings (SSSR count). The number of esters is 1. The molecule has 0 aromatic heterocycles. The van der Waals surface area contributed by atoms with E-state index in [1.54, 1.807) is 31.2 Å². The molecule has 4 atom stereocenters. The molecular weight excluding hydrogens is 432 g/mol. The lowest BCUT2D eigenvalue weighted by Crippen LogP contribution is -2.56. The lowest BCUT2D eigenvalue weighted by molar-refractivity contribution is -0.155. The van der Waals surface area contributed by atoms with Crippen LogP contribution in [-0.4, -0.2) is 35.7 Å². The molecule has 1 N–H and O–H groups in total. The topological polar surface area (TPSA) is 92.8 Å². The number of aryl methyl sites for hydroxylation is 1. The fourth-order valence-electron chi connectivity index (χ4n) is 5.50. The number of nitrogens with zero attached hydrogens (tertiary/aromatic N) is 1. The molecule has 2 saturated heterocycles. The first kappa shape index (κ1) is 23.8. The average molecular weight is 463 g/mol. The Kier molecular flexibility index (Phi) is 6.41. The second-order valence-electron chi connectivity index (χ2n) is 9.04. The van der Waals surface area contributed by atoms with Gasteiger partial charge in [0.15, 0.2) is 5.78 Å². The molecule has 0 saturated carbocycles. The van der Waals surface area contributed by atoms with E-state index in [0.29, 0.717) is 24.1 Å². The molecule has 0 spiro atoms. The van der Waals surface area contributed by atoms with Gasteiger partial charge in [-0.1, -0.05) is 49.7 Å². The molecule has 178 valence electrons. The smallest absolute Gasteiger partial charge is 0.327 e. The van der Waals surface area contributed by atoms with Gasteiger partial charge in [-0.2, -0.15) is 0 Å². The van der Waals surface area contributed by atoms with Crippen LogP contribution in [0.3, 0.4) is 0 Å². The van der Waals surface area contributed by atoms with E-state index in [4.69, 9.17) is 4.74 Å². The Morgan fingerprint density at radius 2 is 1.79 bits per heavy atom. The van der Waals surface area contributed by atoms with Gasteiger partial charge in [-0.3, -0.25) is 24.5 Å². The van der Waals surface area contributed by atoms with Crippen LogP contribution in [-0.2, 0) is 19.1 Å². The third-order valence-electron chi connectivity index (χ3n) is 6.97. The molecule has 0 aliphatic carbocycles. The highest BCUT2D eigenvalue weighted by molar-refractivity contribution is 6.24. The van der Waals surface area contributed by atoms with E-state index < -0.39 is 35.3 Å². The lowest BCUT2D eigenvalue weighted by Gasteiger charge is -2.33. The van der Waals surface area contributed by atoms with Gasteiger partial charge >= 0.3 is 5.97 Å². The van der Waals surface area contributed by atoms with Crippen LogP contribution < -0.4 is 10.2 Å². The van der Waals surface area contributed by atoms with Crippen LogP contribution in [0.1, 0.15) is 61.1 Å². The van der Waals surface area contributed by atoms with Crippen LogP contribution in [0.25, 0.3) is 0 Å². The van der Waals surface area contributed by atoms with Crippen molar-refractivity contribution in [3.63, 3.8) is 0 Å². The molecule has 0 unspecified atom stereocenters. The monoisotopic (exact) mass is 462 g/mol. The van der Waals surface area contributed by atoms with Crippen molar-refractivity contribution in [1.82, 2.24) is 5.32 Å². The highest BCUT2D eigenvalue weighted by Crippen LogP contribution is 2.52. The number of hydrogen-bond acceptors (Lipinski definition) is 6. The number of fused-ring (bicyclic) bond motifs is 1. The number of ether oxygens (including phenoxy) is 1. The fourth-order valence-corrected chi connectivity index (χ4v) is 5.50. The van der Waals surface area contributed by atoms with E-state index in [0.717, 1.165) is 16.0 Å². The standard InChI is InChI=1S/C27H30N2O5/c1-5-14-27(26(33)34-6-2)22-21(23(28-27)20-13-8-7-10-16(20)3)24(31)29(25(22)32)19-12-9-11-18(15-19)17(4)30/h7-13,15,21-23,28H,5-6,14H2,1-4H3/t21-,22+,23-,27-/m0/s1. The first-order valence-corrected chi connectivity index (χ1v) is 11.8. The Bertz CT molecular complexity index is 1160. The summed E-state index contributed by atoms with van der Waals surface area (Å²) >= 11 is 0. The summed E-state index contributed by atoms with van der Waals surface area (Å²) in [5, 5.41) is 3.41. The molecule has 7 heteroatoms. The van der Waals surface area contributed by atoms with Gasteiger partial charge in [0.25, 0.3) is 0 Å². The Morgan fingerprint density at radius 3 is 2.44 bits per heavy atom. The van der Waals surface area contributed by atoms with Crippen molar-refractivity contribution in [2.45, 2.75) is 52.1 Å². The zero-order valence-corrected chi connectivity index (χ0v) is 20.0. The summed E-state index contributed by atoms with van der Waals surface area (Å²) < 4.78 is 5.45. The summed E-state index contributed by atoms with van der Waals surface area (Å²) in [6.45, 7) is 7.22. The summed E-state index contributed by atoms with van der Waals surface area (Å²) in [7, 11) is 0. The summed E-state index contributed by atoms with van der Waals surface area (Å²) in [4.78, 5) is 54.3. The fraction of sp³-hybridized carbons (Fsp3) is 0.407. The molecule has 2 fully saturated rings. The van der Waals surface area contributed by atoms with Gasteiger partial charge in [-0.05, 0) is 50.5 Å². The van der Waals surface area contributed by atoms with Crippen molar-refractivity contribution in [2.75, 3.05) is 11.5 Å². The Morgan fingerprint density at radius 1 is 1.06 bits per heavy atom. The number of Topliss-reactive ketones (excluding diaryl/α,β-unsaturated/α-hetero) is 1. The van der Waals surface area contributed by atoms with Crippen LogP contribution in [0, 0.1) is 18.8 Å². The molecule has 34 heavy (non-hydrogen) atoms. The number of benzene rings is 2. The molecule has 0 radical (unpaired) electrons. The highest BCUT2D eigenvalue weighted by Gasteiger charge is 2.68. The zero-order chi connectivity index (χ0) is 24.6. The number of imide groups is 1. The summed E-state index contributed by atoms with van der Waals surface area (Å²) in [5.41, 5.74) is 1.28. The van der Waals surface area contributed by atoms with Crippen LogP contribution in [0.5, 0.6) is 0 Å². The van der Waals surface area contributed by atoms with E-state index in [1.165, 1.54) is 6.92 Å². The predicted molar refractivity (Wildman–Crippen MR) is 127 cm³/mol. The SMILES string of the molecule is CCC[C@]1(C(=O)OCC)N[C@@H](c2ccccc2C)[C@H]2C(=O)N(c3cccc(C(C)=O)c3)C(=O)[C@@H]21. The molecule has 2 amide bonds. The van der Waals surface area contributed by atoms with E-state index in [-0.39, 0.29) is 18.3 Å². The molecule has 2 aromatic rings. The maximum atomic E-state index is 13.9. The number of carbonyl (C=O) groups excluding carboxylic acids is 4. The third-order valence-corrected chi connectivity index (χ3v) is 6.97. The first-order chi connectivity index (χ1) is 16.3. The maximum absolute atomic E-state index is 13.9. The zero-order valence-electron chi connectivity index (χ0n) is 20.0. The van der Waals surface area contributed by atoms with Crippen molar-refractivity contribution in [3.8, 4) is 0 Å². The summed E-state index contributed by atoms with van der Waals surface area (Å²) in [6, 6.07) is 13.7. The first-order valence-electron chi connectivity index (χ1n) is 11.8.